The molecule has 0 saturated carbocycles. The average molecular weight is 261 g/mol. The van der Waals surface area contributed by atoms with Crippen molar-refractivity contribution in [1.29, 1.82) is 0 Å². The van der Waals surface area contributed by atoms with Crippen LogP contribution in [0.2, 0.25) is 0 Å². The van der Waals surface area contributed by atoms with Gasteiger partial charge in [0.1, 0.15) is 6.09 Å². The van der Waals surface area contributed by atoms with Crippen molar-refractivity contribution in [3.8, 4) is 0 Å². The number of carbonyl (C=O) groups excluding carboxylic acids is 1. The van der Waals surface area contributed by atoms with Gasteiger partial charge in [-0.1, -0.05) is 0 Å². The maximum absolute atomic E-state index is 12.3. The number of alkyl halides is 2. The smallest absolute Gasteiger partial charge is 0.251 e. The van der Waals surface area contributed by atoms with Crippen LogP contribution < -0.4 is 5.11 Å². The van der Waals surface area contributed by atoms with Gasteiger partial charge in [0.2, 0.25) is 0 Å². The first kappa shape index (κ1) is 13.5. The predicted molar refractivity (Wildman–Crippen MR) is 60.3 cm³/mol. The summed E-state index contributed by atoms with van der Waals surface area (Å²) in [5, 5.41) is 10.7. The first-order valence-electron chi connectivity index (χ1n) is 6.47. The number of amides is 1. The van der Waals surface area contributed by atoms with Crippen molar-refractivity contribution in [2.24, 2.45) is 5.41 Å². The first-order chi connectivity index (χ1) is 8.51. The zero-order chi connectivity index (χ0) is 13.2. The maximum atomic E-state index is 12.3. The highest BCUT2D eigenvalue weighted by Crippen LogP contribution is 2.41. The van der Waals surface area contributed by atoms with Gasteiger partial charge >= 0.3 is 0 Å². The van der Waals surface area contributed by atoms with Crippen LogP contribution in [-0.2, 0) is 0 Å². The highest BCUT2D eigenvalue weighted by Gasteiger charge is 2.37. The molecular formula is C12H19F2N2O2-. The molecule has 2 aliphatic rings. The number of carboxylic acid groups (broad SMARTS) is 1. The molecule has 104 valence electrons. The van der Waals surface area contributed by atoms with Crippen LogP contribution in [0.4, 0.5) is 13.6 Å². The standard InChI is InChI=1S/C12H20F2N2O2/c13-10(14)9-15-5-1-12(2-6-15)3-7-16(8-4-12)11(17)18/h10H,1-9H2,(H,17,18)/p-1. The summed E-state index contributed by atoms with van der Waals surface area (Å²) >= 11 is 0. The van der Waals surface area contributed by atoms with E-state index in [0.717, 1.165) is 25.7 Å². The summed E-state index contributed by atoms with van der Waals surface area (Å²) in [7, 11) is 0. The lowest BCUT2D eigenvalue weighted by atomic mass is 9.71. The van der Waals surface area contributed by atoms with E-state index in [4.69, 9.17) is 0 Å². The van der Waals surface area contributed by atoms with Crippen molar-refractivity contribution >= 4 is 6.09 Å². The van der Waals surface area contributed by atoms with Gasteiger partial charge in [0, 0.05) is 13.1 Å². The monoisotopic (exact) mass is 261 g/mol. The van der Waals surface area contributed by atoms with E-state index < -0.39 is 12.5 Å². The molecule has 2 rings (SSSR count). The normalized spacial score (nSPS) is 24.7. The molecule has 0 radical (unpaired) electrons. The molecule has 0 atom stereocenters. The highest BCUT2D eigenvalue weighted by molar-refractivity contribution is 5.62. The van der Waals surface area contributed by atoms with E-state index in [1.54, 1.807) is 4.90 Å². The molecule has 0 bridgehead atoms. The number of likely N-dealkylation sites (tertiary alicyclic amines) is 2. The summed E-state index contributed by atoms with van der Waals surface area (Å²) in [6.07, 6.45) is 0.118. The van der Waals surface area contributed by atoms with Gasteiger partial charge in [0.25, 0.3) is 6.43 Å². The molecule has 4 nitrogen and oxygen atoms in total. The van der Waals surface area contributed by atoms with Crippen LogP contribution >= 0.6 is 0 Å². The van der Waals surface area contributed by atoms with Crippen molar-refractivity contribution in [3.05, 3.63) is 0 Å². The second-order valence-corrected chi connectivity index (χ2v) is 5.44. The number of rotatable bonds is 2. The Morgan fingerprint density at radius 2 is 1.61 bits per heavy atom. The lowest BCUT2D eigenvalue weighted by Crippen LogP contribution is -2.51. The van der Waals surface area contributed by atoms with Gasteiger partial charge in [0.05, 0.1) is 6.54 Å². The Hall–Kier alpha value is -0.910. The van der Waals surface area contributed by atoms with Gasteiger partial charge in [-0.15, -0.1) is 0 Å². The van der Waals surface area contributed by atoms with E-state index in [-0.39, 0.29) is 12.0 Å². The van der Waals surface area contributed by atoms with Crippen molar-refractivity contribution in [3.63, 3.8) is 0 Å². The van der Waals surface area contributed by atoms with Gasteiger partial charge < -0.3 is 14.8 Å². The highest BCUT2D eigenvalue weighted by atomic mass is 19.3. The number of carbonyl (C=O) groups is 1. The number of halogens is 2. The largest absolute Gasteiger partial charge is 0.530 e. The average Bonchev–Trinajstić information content (AvgIpc) is 2.32. The summed E-state index contributed by atoms with van der Waals surface area (Å²) in [5.74, 6) is 0. The minimum atomic E-state index is -2.26. The number of hydrogen-bond donors (Lipinski definition) is 0. The van der Waals surface area contributed by atoms with Crippen molar-refractivity contribution in [2.75, 3.05) is 32.7 Å². The molecule has 0 aliphatic carbocycles. The fraction of sp³-hybridized carbons (Fsp3) is 0.917. The van der Waals surface area contributed by atoms with Gasteiger partial charge in [-0.25, -0.2) is 8.78 Å². The van der Waals surface area contributed by atoms with E-state index >= 15 is 0 Å². The van der Waals surface area contributed by atoms with Crippen LogP contribution in [-0.4, -0.2) is 55.0 Å². The summed E-state index contributed by atoms with van der Waals surface area (Å²) in [6.45, 7) is 2.32. The van der Waals surface area contributed by atoms with E-state index in [9.17, 15) is 18.7 Å². The molecule has 1 spiro atoms. The van der Waals surface area contributed by atoms with Crippen LogP contribution in [0.1, 0.15) is 25.7 Å². The molecule has 2 aliphatic heterocycles. The third kappa shape index (κ3) is 3.10. The van der Waals surface area contributed by atoms with Gasteiger partial charge in [-0.3, -0.25) is 4.90 Å². The zero-order valence-corrected chi connectivity index (χ0v) is 10.4. The quantitative estimate of drug-likeness (QED) is 0.737. The molecule has 0 aromatic carbocycles. The second kappa shape index (κ2) is 5.38. The van der Waals surface area contributed by atoms with Crippen LogP contribution in [0, 0.1) is 5.41 Å². The fourth-order valence-electron chi connectivity index (χ4n) is 3.07. The van der Waals surface area contributed by atoms with Crippen molar-refractivity contribution in [1.82, 2.24) is 9.80 Å². The Bertz CT molecular complexity index is 294. The van der Waals surface area contributed by atoms with Crippen molar-refractivity contribution < 1.29 is 18.7 Å². The van der Waals surface area contributed by atoms with E-state index in [2.05, 4.69) is 0 Å². The third-order valence-corrected chi connectivity index (χ3v) is 4.40. The molecule has 0 unspecified atom stereocenters. The van der Waals surface area contributed by atoms with Crippen molar-refractivity contribution in [2.45, 2.75) is 32.1 Å². The molecule has 2 saturated heterocycles. The predicted octanol–water partition coefficient (Wildman–Crippen LogP) is 0.773. The Kier molecular flexibility index (Phi) is 4.04. The van der Waals surface area contributed by atoms with E-state index in [1.807, 2.05) is 0 Å². The van der Waals surface area contributed by atoms with Crippen LogP contribution in [0.15, 0.2) is 0 Å². The lowest BCUT2D eigenvalue weighted by Gasteiger charge is -2.47. The summed E-state index contributed by atoms with van der Waals surface area (Å²) in [4.78, 5) is 13.9. The topological polar surface area (TPSA) is 46.6 Å². The molecule has 1 amide bonds. The third-order valence-electron chi connectivity index (χ3n) is 4.40. The number of hydrogen-bond acceptors (Lipinski definition) is 3. The summed E-state index contributed by atoms with van der Waals surface area (Å²) < 4.78 is 24.5. The Morgan fingerprint density at radius 1 is 1.11 bits per heavy atom. The van der Waals surface area contributed by atoms with Gasteiger partial charge in [-0.2, -0.15) is 0 Å². The summed E-state index contributed by atoms with van der Waals surface area (Å²) in [6, 6.07) is 0. The Morgan fingerprint density at radius 3 is 2.06 bits per heavy atom. The van der Waals surface area contributed by atoms with Crippen LogP contribution in [0.3, 0.4) is 0 Å². The van der Waals surface area contributed by atoms with Gasteiger partial charge in [-0.05, 0) is 44.2 Å². The van der Waals surface area contributed by atoms with Crippen LogP contribution in [0.25, 0.3) is 0 Å². The molecule has 6 heteroatoms. The molecule has 0 aromatic rings. The zero-order valence-electron chi connectivity index (χ0n) is 10.4. The fourth-order valence-corrected chi connectivity index (χ4v) is 3.07. The number of piperidine rings is 2. The molecule has 2 heterocycles. The van der Waals surface area contributed by atoms with Gasteiger partial charge in [0.15, 0.2) is 0 Å². The summed E-state index contributed by atoms with van der Waals surface area (Å²) in [5.41, 5.74) is 0.171. The second-order valence-electron chi connectivity index (χ2n) is 5.44. The molecule has 0 aromatic heterocycles. The molecule has 18 heavy (non-hydrogen) atoms. The first-order valence-corrected chi connectivity index (χ1v) is 6.47. The minimum absolute atomic E-state index is 0.138. The Balaban J connectivity index is 1.81. The number of nitrogens with zero attached hydrogens (tertiary/aromatic N) is 2. The maximum Gasteiger partial charge on any atom is 0.251 e. The van der Waals surface area contributed by atoms with E-state index in [0.29, 0.717) is 26.2 Å². The lowest BCUT2D eigenvalue weighted by molar-refractivity contribution is -0.267. The molecule has 0 N–H and O–H groups in total. The molecule has 2 fully saturated rings. The van der Waals surface area contributed by atoms with Crippen LogP contribution in [0.5, 0.6) is 0 Å². The van der Waals surface area contributed by atoms with E-state index in [1.165, 1.54) is 4.90 Å². The SMILES string of the molecule is O=C([O-])N1CCC2(CCN(CC(F)F)CC2)CC1. The molecular weight excluding hydrogens is 242 g/mol. The minimum Gasteiger partial charge on any atom is -0.530 e. The Labute approximate surface area is 106 Å².